The third-order valence-corrected chi connectivity index (χ3v) is 3.53. The van der Waals surface area contributed by atoms with Crippen LogP contribution in [0.3, 0.4) is 0 Å². The molecule has 0 aromatic heterocycles. The Bertz CT molecular complexity index is 300. The molecule has 1 N–H and O–H groups in total. The second-order valence-corrected chi connectivity index (χ2v) is 4.31. The van der Waals surface area contributed by atoms with E-state index in [2.05, 4.69) is 12.1 Å². The van der Waals surface area contributed by atoms with Crippen LogP contribution in [0.4, 0.5) is 0 Å². The SMILES string of the molecule is C[C@@H](O)C1(c2ccccc2)CCOCC1. The molecule has 0 unspecified atom stereocenters. The molecule has 1 aliphatic heterocycles. The fraction of sp³-hybridized carbons (Fsp3) is 0.538. The number of aliphatic hydroxyl groups is 1. The first-order valence-electron chi connectivity index (χ1n) is 5.57. The molecule has 1 aromatic carbocycles. The number of aliphatic hydroxyl groups excluding tert-OH is 1. The highest BCUT2D eigenvalue weighted by Crippen LogP contribution is 2.37. The second kappa shape index (κ2) is 4.33. The summed E-state index contributed by atoms with van der Waals surface area (Å²) >= 11 is 0. The van der Waals surface area contributed by atoms with Gasteiger partial charge in [0.25, 0.3) is 0 Å². The van der Waals surface area contributed by atoms with Crippen LogP contribution in [0, 0.1) is 0 Å². The lowest BCUT2D eigenvalue weighted by molar-refractivity contribution is -0.00838. The average Bonchev–Trinajstić information content (AvgIpc) is 2.31. The zero-order valence-electron chi connectivity index (χ0n) is 9.15. The molecule has 0 aliphatic carbocycles. The summed E-state index contributed by atoms with van der Waals surface area (Å²) in [7, 11) is 0. The molecule has 1 aliphatic rings. The van der Waals surface area contributed by atoms with Gasteiger partial charge in [0, 0.05) is 18.6 Å². The van der Waals surface area contributed by atoms with Crippen LogP contribution in [-0.4, -0.2) is 24.4 Å². The third kappa shape index (κ3) is 1.92. The Labute approximate surface area is 90.9 Å². The molecule has 2 heteroatoms. The van der Waals surface area contributed by atoms with E-state index >= 15 is 0 Å². The molecule has 0 saturated carbocycles. The first kappa shape index (κ1) is 10.7. The van der Waals surface area contributed by atoms with Gasteiger partial charge in [-0.2, -0.15) is 0 Å². The van der Waals surface area contributed by atoms with Crippen molar-refractivity contribution < 1.29 is 9.84 Å². The highest BCUT2D eigenvalue weighted by atomic mass is 16.5. The van der Waals surface area contributed by atoms with Gasteiger partial charge in [-0.15, -0.1) is 0 Å². The Balaban J connectivity index is 2.34. The summed E-state index contributed by atoms with van der Waals surface area (Å²) in [6.07, 6.45) is 1.51. The van der Waals surface area contributed by atoms with Crippen LogP contribution in [0.5, 0.6) is 0 Å². The molecular formula is C13H18O2. The zero-order chi connectivity index (χ0) is 10.7. The Morgan fingerprint density at radius 2 is 1.80 bits per heavy atom. The van der Waals surface area contributed by atoms with Crippen molar-refractivity contribution in [3.05, 3.63) is 35.9 Å². The van der Waals surface area contributed by atoms with Crippen molar-refractivity contribution in [2.75, 3.05) is 13.2 Å². The van der Waals surface area contributed by atoms with E-state index in [-0.39, 0.29) is 11.5 Å². The van der Waals surface area contributed by atoms with Gasteiger partial charge in [0.1, 0.15) is 0 Å². The standard InChI is InChI=1S/C13H18O2/c1-11(14)13(7-9-15-10-8-13)12-5-3-2-4-6-12/h2-6,11,14H,7-10H2,1H3/t11-/m1/s1. The number of ether oxygens (including phenoxy) is 1. The van der Waals surface area contributed by atoms with Crippen LogP contribution in [0.1, 0.15) is 25.3 Å². The van der Waals surface area contributed by atoms with Crippen molar-refractivity contribution in [2.45, 2.75) is 31.3 Å². The van der Waals surface area contributed by atoms with Gasteiger partial charge >= 0.3 is 0 Å². The fourth-order valence-corrected chi connectivity index (χ4v) is 2.45. The van der Waals surface area contributed by atoms with Gasteiger partial charge in [-0.25, -0.2) is 0 Å². The Morgan fingerprint density at radius 1 is 1.20 bits per heavy atom. The first-order valence-corrected chi connectivity index (χ1v) is 5.57. The van der Waals surface area contributed by atoms with Crippen LogP contribution >= 0.6 is 0 Å². The molecule has 0 amide bonds. The lowest BCUT2D eigenvalue weighted by atomic mass is 9.70. The third-order valence-electron chi connectivity index (χ3n) is 3.53. The minimum Gasteiger partial charge on any atom is -0.392 e. The van der Waals surface area contributed by atoms with E-state index in [0.29, 0.717) is 0 Å². The monoisotopic (exact) mass is 206 g/mol. The molecule has 2 rings (SSSR count). The van der Waals surface area contributed by atoms with Gasteiger partial charge in [-0.05, 0) is 25.3 Å². The van der Waals surface area contributed by atoms with Crippen molar-refractivity contribution in [2.24, 2.45) is 0 Å². The van der Waals surface area contributed by atoms with Gasteiger partial charge < -0.3 is 9.84 Å². The zero-order valence-corrected chi connectivity index (χ0v) is 9.15. The van der Waals surface area contributed by atoms with E-state index < -0.39 is 0 Å². The van der Waals surface area contributed by atoms with Crippen molar-refractivity contribution >= 4 is 0 Å². The van der Waals surface area contributed by atoms with E-state index in [1.165, 1.54) is 5.56 Å². The van der Waals surface area contributed by atoms with Gasteiger partial charge in [-0.1, -0.05) is 30.3 Å². The molecule has 0 radical (unpaired) electrons. The second-order valence-electron chi connectivity index (χ2n) is 4.31. The molecule has 82 valence electrons. The number of rotatable bonds is 2. The highest BCUT2D eigenvalue weighted by molar-refractivity contribution is 5.27. The minimum absolute atomic E-state index is 0.0977. The molecule has 0 spiro atoms. The Morgan fingerprint density at radius 3 is 2.33 bits per heavy atom. The number of hydrogen-bond acceptors (Lipinski definition) is 2. The van der Waals surface area contributed by atoms with Gasteiger partial charge in [0.15, 0.2) is 0 Å². The lowest BCUT2D eigenvalue weighted by Gasteiger charge is -2.40. The minimum atomic E-state index is -0.316. The normalized spacial score (nSPS) is 22.3. The molecular weight excluding hydrogens is 188 g/mol. The van der Waals surface area contributed by atoms with Crippen molar-refractivity contribution in [1.82, 2.24) is 0 Å². The van der Waals surface area contributed by atoms with Crippen molar-refractivity contribution in [3.63, 3.8) is 0 Å². The maximum Gasteiger partial charge on any atom is 0.0610 e. The first-order chi connectivity index (χ1) is 7.26. The maximum absolute atomic E-state index is 10.0. The molecule has 2 nitrogen and oxygen atoms in total. The smallest absolute Gasteiger partial charge is 0.0610 e. The van der Waals surface area contributed by atoms with Crippen LogP contribution in [-0.2, 0) is 10.2 Å². The van der Waals surface area contributed by atoms with Crippen LogP contribution in [0.15, 0.2) is 30.3 Å². The largest absolute Gasteiger partial charge is 0.392 e. The predicted molar refractivity (Wildman–Crippen MR) is 59.9 cm³/mol. The number of hydrogen-bond donors (Lipinski definition) is 1. The van der Waals surface area contributed by atoms with Crippen LogP contribution in [0.2, 0.25) is 0 Å². The summed E-state index contributed by atoms with van der Waals surface area (Å²) < 4.78 is 5.39. The molecule has 1 atom stereocenters. The van der Waals surface area contributed by atoms with E-state index in [1.807, 2.05) is 25.1 Å². The van der Waals surface area contributed by atoms with E-state index in [0.717, 1.165) is 26.1 Å². The Hall–Kier alpha value is -0.860. The summed E-state index contributed by atoms with van der Waals surface area (Å²) in [5.74, 6) is 0. The van der Waals surface area contributed by atoms with E-state index in [9.17, 15) is 5.11 Å². The summed E-state index contributed by atoms with van der Waals surface area (Å²) in [4.78, 5) is 0. The molecule has 1 heterocycles. The van der Waals surface area contributed by atoms with Gasteiger partial charge in [0.2, 0.25) is 0 Å². The summed E-state index contributed by atoms with van der Waals surface area (Å²) in [6, 6.07) is 10.3. The molecule has 1 aromatic rings. The molecule has 1 fully saturated rings. The van der Waals surface area contributed by atoms with Crippen molar-refractivity contribution in [3.8, 4) is 0 Å². The quantitative estimate of drug-likeness (QED) is 0.803. The predicted octanol–water partition coefficient (Wildman–Crippen LogP) is 2.12. The topological polar surface area (TPSA) is 29.5 Å². The summed E-state index contributed by atoms with van der Waals surface area (Å²) in [6.45, 7) is 3.39. The van der Waals surface area contributed by atoms with Crippen molar-refractivity contribution in [1.29, 1.82) is 0 Å². The number of benzene rings is 1. The average molecular weight is 206 g/mol. The summed E-state index contributed by atoms with van der Waals surface area (Å²) in [5.41, 5.74) is 1.14. The van der Waals surface area contributed by atoms with E-state index in [4.69, 9.17) is 4.74 Å². The highest BCUT2D eigenvalue weighted by Gasteiger charge is 2.38. The molecule has 0 bridgehead atoms. The molecule has 1 saturated heterocycles. The Kier molecular flexibility index (Phi) is 3.08. The van der Waals surface area contributed by atoms with Crippen LogP contribution < -0.4 is 0 Å². The van der Waals surface area contributed by atoms with E-state index in [1.54, 1.807) is 0 Å². The van der Waals surface area contributed by atoms with Crippen LogP contribution in [0.25, 0.3) is 0 Å². The van der Waals surface area contributed by atoms with Gasteiger partial charge in [0.05, 0.1) is 6.10 Å². The summed E-state index contributed by atoms with van der Waals surface area (Å²) in [5, 5.41) is 10.0. The molecule has 15 heavy (non-hydrogen) atoms. The van der Waals surface area contributed by atoms with Gasteiger partial charge in [-0.3, -0.25) is 0 Å². The fourth-order valence-electron chi connectivity index (χ4n) is 2.45. The maximum atomic E-state index is 10.0. The lowest BCUT2D eigenvalue weighted by Crippen LogP contribution is -2.42.